The Hall–Kier alpha value is -1.92. The molecule has 0 unspecified atom stereocenters. The second-order valence-electron chi connectivity index (χ2n) is 6.58. The molecule has 0 atom stereocenters. The summed E-state index contributed by atoms with van der Waals surface area (Å²) in [5.74, 6) is -0.135. The van der Waals surface area contributed by atoms with Crippen LogP contribution in [-0.2, 0) is 13.0 Å². The molecule has 1 aliphatic heterocycles. The van der Waals surface area contributed by atoms with E-state index in [9.17, 15) is 4.79 Å². The highest BCUT2D eigenvalue weighted by Gasteiger charge is 2.27. The number of benzene rings is 1. The van der Waals surface area contributed by atoms with Gasteiger partial charge in [0.15, 0.2) is 5.69 Å². The number of hydrogen-bond donors (Lipinski definition) is 1. The van der Waals surface area contributed by atoms with Crippen LogP contribution in [0.2, 0.25) is 0 Å². The third-order valence-electron chi connectivity index (χ3n) is 4.86. The van der Waals surface area contributed by atoms with Crippen LogP contribution in [0.3, 0.4) is 0 Å². The second-order valence-corrected chi connectivity index (χ2v) is 6.58. The van der Waals surface area contributed by atoms with Crippen molar-refractivity contribution in [1.29, 1.82) is 0 Å². The van der Waals surface area contributed by atoms with E-state index in [-0.39, 0.29) is 18.1 Å². The lowest BCUT2D eigenvalue weighted by Gasteiger charge is -2.30. The predicted molar refractivity (Wildman–Crippen MR) is 92.0 cm³/mol. The highest BCUT2D eigenvalue weighted by Crippen LogP contribution is 2.32. The highest BCUT2D eigenvalue weighted by atomic mass is 35.5. The fourth-order valence-electron chi connectivity index (χ4n) is 3.42. The first kappa shape index (κ1) is 16.9. The van der Waals surface area contributed by atoms with Crippen molar-refractivity contribution in [2.45, 2.75) is 32.7 Å². The standard InChI is InChI=1S/C17H20N4O2.ClH/c1-11-16(17(22)23)18-19-21(11)15-4-2-3-13-10-20(8-7-14(13)15)9-12-5-6-12;/h2-4,12H,5-10H2,1H3,(H,22,23);1H. The molecule has 4 rings (SSSR count). The van der Waals surface area contributed by atoms with Crippen LogP contribution in [0.4, 0.5) is 0 Å². The van der Waals surface area contributed by atoms with Crippen molar-refractivity contribution in [2.24, 2.45) is 5.92 Å². The molecule has 1 aromatic heterocycles. The summed E-state index contributed by atoms with van der Waals surface area (Å²) in [6.45, 7) is 4.99. The molecule has 0 saturated heterocycles. The molecule has 1 aromatic carbocycles. The van der Waals surface area contributed by atoms with Gasteiger partial charge in [-0.05, 0) is 49.3 Å². The van der Waals surface area contributed by atoms with Gasteiger partial charge in [-0.3, -0.25) is 4.90 Å². The number of aromatic nitrogens is 3. The molecule has 1 saturated carbocycles. The second kappa shape index (κ2) is 6.53. The smallest absolute Gasteiger partial charge is 0.358 e. The summed E-state index contributed by atoms with van der Waals surface area (Å²) >= 11 is 0. The van der Waals surface area contributed by atoms with Crippen LogP contribution in [-0.4, -0.2) is 44.1 Å². The number of rotatable bonds is 4. The maximum Gasteiger partial charge on any atom is 0.358 e. The SMILES string of the molecule is Cc1c(C(=O)O)nnn1-c1cccc2c1CCN(CC1CC1)C2.Cl. The molecular weight excluding hydrogens is 328 g/mol. The number of hydrogen-bond acceptors (Lipinski definition) is 4. The summed E-state index contributed by atoms with van der Waals surface area (Å²) in [5, 5.41) is 17.0. The van der Waals surface area contributed by atoms with Crippen LogP contribution in [0.15, 0.2) is 18.2 Å². The molecule has 1 fully saturated rings. The fraction of sp³-hybridized carbons (Fsp3) is 0.471. The average Bonchev–Trinajstić information content (AvgIpc) is 3.26. The van der Waals surface area contributed by atoms with Crippen molar-refractivity contribution in [2.75, 3.05) is 13.1 Å². The Morgan fingerprint density at radius 2 is 2.17 bits per heavy atom. The summed E-state index contributed by atoms with van der Waals surface area (Å²) < 4.78 is 1.67. The Morgan fingerprint density at radius 1 is 1.38 bits per heavy atom. The fourth-order valence-corrected chi connectivity index (χ4v) is 3.42. The maximum atomic E-state index is 11.2. The molecule has 0 bridgehead atoms. The van der Waals surface area contributed by atoms with Gasteiger partial charge in [0.05, 0.1) is 11.4 Å². The van der Waals surface area contributed by atoms with E-state index in [0.29, 0.717) is 5.69 Å². The molecular formula is C17H21ClN4O2. The van der Waals surface area contributed by atoms with E-state index in [1.54, 1.807) is 11.6 Å². The van der Waals surface area contributed by atoms with Crippen molar-refractivity contribution in [1.82, 2.24) is 19.9 Å². The largest absolute Gasteiger partial charge is 0.476 e. The molecule has 24 heavy (non-hydrogen) atoms. The zero-order valence-electron chi connectivity index (χ0n) is 13.6. The van der Waals surface area contributed by atoms with Crippen molar-refractivity contribution < 1.29 is 9.90 Å². The van der Waals surface area contributed by atoms with Crippen LogP contribution in [0.25, 0.3) is 5.69 Å². The maximum absolute atomic E-state index is 11.2. The predicted octanol–water partition coefficient (Wildman–Crippen LogP) is 2.46. The molecule has 2 aliphatic rings. The first-order valence-corrected chi connectivity index (χ1v) is 8.12. The lowest BCUT2D eigenvalue weighted by molar-refractivity contribution is 0.0689. The van der Waals surface area contributed by atoms with Gasteiger partial charge >= 0.3 is 5.97 Å². The van der Waals surface area contributed by atoms with Crippen LogP contribution in [0, 0.1) is 12.8 Å². The minimum absolute atomic E-state index is 0. The van der Waals surface area contributed by atoms with Crippen molar-refractivity contribution in [3.8, 4) is 5.69 Å². The summed E-state index contributed by atoms with van der Waals surface area (Å²) in [6, 6.07) is 6.20. The van der Waals surface area contributed by atoms with E-state index >= 15 is 0 Å². The third kappa shape index (κ3) is 3.03. The third-order valence-corrected chi connectivity index (χ3v) is 4.86. The van der Waals surface area contributed by atoms with Crippen molar-refractivity contribution in [3.63, 3.8) is 0 Å². The van der Waals surface area contributed by atoms with Gasteiger partial charge < -0.3 is 5.11 Å². The van der Waals surface area contributed by atoms with Gasteiger partial charge in [0.1, 0.15) is 0 Å². The monoisotopic (exact) mass is 348 g/mol. The highest BCUT2D eigenvalue weighted by molar-refractivity contribution is 5.86. The topological polar surface area (TPSA) is 71.2 Å². The molecule has 2 heterocycles. The van der Waals surface area contributed by atoms with E-state index < -0.39 is 5.97 Å². The minimum atomic E-state index is -1.03. The summed E-state index contributed by atoms with van der Waals surface area (Å²) in [7, 11) is 0. The summed E-state index contributed by atoms with van der Waals surface area (Å²) in [6.07, 6.45) is 3.72. The van der Waals surface area contributed by atoms with Gasteiger partial charge in [-0.15, -0.1) is 17.5 Å². The number of aromatic carboxylic acids is 1. The minimum Gasteiger partial charge on any atom is -0.476 e. The Bertz CT molecular complexity index is 770. The van der Waals surface area contributed by atoms with Gasteiger partial charge in [0.25, 0.3) is 0 Å². The first-order chi connectivity index (χ1) is 11.1. The molecule has 0 amide bonds. The van der Waals surface area contributed by atoms with Crippen LogP contribution in [0.5, 0.6) is 0 Å². The molecule has 128 valence electrons. The molecule has 1 N–H and O–H groups in total. The summed E-state index contributed by atoms with van der Waals surface area (Å²) in [5.41, 5.74) is 4.15. The van der Waals surface area contributed by atoms with E-state index in [1.807, 2.05) is 12.1 Å². The molecule has 6 nitrogen and oxygen atoms in total. The Morgan fingerprint density at radius 3 is 2.83 bits per heavy atom. The Labute approximate surface area is 146 Å². The Balaban J connectivity index is 0.00000169. The lowest BCUT2D eigenvalue weighted by atomic mass is 9.97. The van der Waals surface area contributed by atoms with Crippen molar-refractivity contribution in [3.05, 3.63) is 40.7 Å². The van der Waals surface area contributed by atoms with E-state index in [2.05, 4.69) is 21.3 Å². The van der Waals surface area contributed by atoms with Gasteiger partial charge in [-0.25, -0.2) is 9.48 Å². The van der Waals surface area contributed by atoms with E-state index in [1.165, 1.54) is 30.5 Å². The number of nitrogens with zero attached hydrogens (tertiary/aromatic N) is 4. The van der Waals surface area contributed by atoms with Crippen LogP contribution in [0.1, 0.15) is 40.2 Å². The van der Waals surface area contributed by atoms with Crippen molar-refractivity contribution >= 4 is 18.4 Å². The normalized spacial score (nSPS) is 17.2. The quantitative estimate of drug-likeness (QED) is 0.919. The van der Waals surface area contributed by atoms with Gasteiger partial charge in [-0.1, -0.05) is 17.3 Å². The molecule has 2 aromatic rings. The van der Waals surface area contributed by atoms with E-state index in [4.69, 9.17) is 5.11 Å². The molecule has 0 radical (unpaired) electrons. The number of halogens is 1. The average molecular weight is 349 g/mol. The van der Waals surface area contributed by atoms with Gasteiger partial charge in [0.2, 0.25) is 0 Å². The van der Waals surface area contributed by atoms with Gasteiger partial charge in [-0.2, -0.15) is 0 Å². The molecule has 1 aliphatic carbocycles. The number of carboxylic acid groups (broad SMARTS) is 1. The molecule has 0 spiro atoms. The van der Waals surface area contributed by atoms with Gasteiger partial charge in [0, 0.05) is 19.6 Å². The number of carbonyl (C=O) groups is 1. The summed E-state index contributed by atoms with van der Waals surface area (Å²) in [4.78, 5) is 13.7. The zero-order chi connectivity index (χ0) is 16.0. The van der Waals surface area contributed by atoms with E-state index in [0.717, 1.165) is 31.1 Å². The molecule has 7 heteroatoms. The Kier molecular flexibility index (Phi) is 4.60. The van der Waals surface area contributed by atoms with Crippen LogP contribution < -0.4 is 0 Å². The number of fused-ring (bicyclic) bond motifs is 1. The number of carboxylic acids is 1. The first-order valence-electron chi connectivity index (χ1n) is 8.12. The lowest BCUT2D eigenvalue weighted by Crippen LogP contribution is -2.32. The zero-order valence-corrected chi connectivity index (χ0v) is 14.4. The van der Waals surface area contributed by atoms with Crippen LogP contribution >= 0.6 is 12.4 Å².